The highest BCUT2D eigenvalue weighted by molar-refractivity contribution is 6.39. The third kappa shape index (κ3) is 7.07. The number of nitrogens with zero attached hydrogens (tertiary/aromatic N) is 2. The van der Waals surface area contributed by atoms with Crippen LogP contribution in [-0.4, -0.2) is 18.0 Å². The average Bonchev–Trinajstić information content (AvgIpc) is 2.81. The number of carbonyl (C=O) groups is 2. The molecule has 0 saturated carbocycles. The molecule has 3 aromatic rings. The SMILES string of the molecule is N#CCc1ccc(NC(=O)C(=O)NN=Cc2ccc(OCc3c(Cl)cccc3Cl)cc2)cc1. The van der Waals surface area contributed by atoms with Crippen LogP contribution in [0.2, 0.25) is 10.0 Å². The van der Waals surface area contributed by atoms with Gasteiger partial charge in [-0.25, -0.2) is 5.43 Å². The summed E-state index contributed by atoms with van der Waals surface area (Å²) in [4.78, 5) is 23.9. The van der Waals surface area contributed by atoms with Crippen LogP contribution in [0.1, 0.15) is 16.7 Å². The zero-order chi connectivity index (χ0) is 23.6. The van der Waals surface area contributed by atoms with E-state index in [4.69, 9.17) is 33.2 Å². The predicted molar refractivity (Wildman–Crippen MR) is 127 cm³/mol. The van der Waals surface area contributed by atoms with Crippen molar-refractivity contribution in [3.8, 4) is 11.8 Å². The van der Waals surface area contributed by atoms with E-state index >= 15 is 0 Å². The Morgan fingerprint density at radius 1 is 0.970 bits per heavy atom. The summed E-state index contributed by atoms with van der Waals surface area (Å²) in [5.74, 6) is -1.17. The molecule has 9 heteroatoms. The number of hydrogen-bond donors (Lipinski definition) is 2. The number of rotatable bonds is 7. The quantitative estimate of drug-likeness (QED) is 0.289. The summed E-state index contributed by atoms with van der Waals surface area (Å²) >= 11 is 12.3. The van der Waals surface area contributed by atoms with Crippen molar-refractivity contribution in [1.82, 2.24) is 5.43 Å². The molecule has 3 aromatic carbocycles. The summed E-state index contributed by atoms with van der Waals surface area (Å²) < 4.78 is 5.71. The van der Waals surface area contributed by atoms with E-state index in [1.807, 2.05) is 6.07 Å². The summed E-state index contributed by atoms with van der Waals surface area (Å²) in [7, 11) is 0. The van der Waals surface area contributed by atoms with E-state index < -0.39 is 11.8 Å². The number of nitrogens with one attached hydrogen (secondary N) is 2. The fourth-order valence-corrected chi connectivity index (χ4v) is 3.18. The van der Waals surface area contributed by atoms with Crippen LogP contribution in [0.25, 0.3) is 0 Å². The molecule has 33 heavy (non-hydrogen) atoms. The topological polar surface area (TPSA) is 104 Å². The first kappa shape index (κ1) is 23.8. The Kier molecular flexibility index (Phi) is 8.42. The molecule has 0 heterocycles. The minimum absolute atomic E-state index is 0.220. The second-order valence-electron chi connectivity index (χ2n) is 6.74. The molecule has 0 aliphatic rings. The Morgan fingerprint density at radius 3 is 2.27 bits per heavy atom. The standard InChI is InChI=1S/C24H18Cl2N4O3/c25-21-2-1-3-22(26)20(21)15-33-19-10-6-17(7-11-19)14-28-30-24(32)23(31)29-18-8-4-16(5-9-18)12-13-27/h1-11,14H,12,15H2,(H,29,31)(H,30,32). The lowest BCUT2D eigenvalue weighted by atomic mass is 10.1. The molecule has 0 atom stereocenters. The first-order valence-electron chi connectivity index (χ1n) is 9.72. The van der Waals surface area contributed by atoms with Crippen molar-refractivity contribution in [3.05, 3.63) is 93.5 Å². The lowest BCUT2D eigenvalue weighted by Gasteiger charge is -2.09. The highest BCUT2D eigenvalue weighted by atomic mass is 35.5. The van der Waals surface area contributed by atoms with Gasteiger partial charge in [0.25, 0.3) is 0 Å². The number of hydrogen-bond acceptors (Lipinski definition) is 5. The van der Waals surface area contributed by atoms with Crippen molar-refractivity contribution in [2.45, 2.75) is 13.0 Å². The lowest BCUT2D eigenvalue weighted by Crippen LogP contribution is -2.32. The number of hydrazone groups is 1. The molecule has 2 amide bonds. The van der Waals surface area contributed by atoms with E-state index in [9.17, 15) is 9.59 Å². The number of halogens is 2. The normalized spacial score (nSPS) is 10.5. The molecule has 0 fully saturated rings. The molecule has 0 aliphatic carbocycles. The maximum atomic E-state index is 12.0. The molecule has 166 valence electrons. The molecule has 0 saturated heterocycles. The van der Waals surface area contributed by atoms with Gasteiger partial charge in [0.15, 0.2) is 0 Å². The predicted octanol–water partition coefficient (Wildman–Crippen LogP) is 4.73. The zero-order valence-electron chi connectivity index (χ0n) is 17.2. The van der Waals surface area contributed by atoms with Crippen LogP contribution in [0.5, 0.6) is 5.75 Å². The minimum Gasteiger partial charge on any atom is -0.489 e. The third-order valence-corrected chi connectivity index (χ3v) is 5.11. The van der Waals surface area contributed by atoms with E-state index in [2.05, 4.69) is 15.8 Å². The monoisotopic (exact) mass is 480 g/mol. The average molecular weight is 481 g/mol. The number of anilines is 1. The number of ether oxygens (including phenoxy) is 1. The Morgan fingerprint density at radius 2 is 1.64 bits per heavy atom. The van der Waals surface area contributed by atoms with Crippen molar-refractivity contribution in [2.75, 3.05) is 5.32 Å². The Labute approximate surface area is 200 Å². The second kappa shape index (κ2) is 11.7. The zero-order valence-corrected chi connectivity index (χ0v) is 18.7. The van der Waals surface area contributed by atoms with Crippen LogP contribution in [-0.2, 0) is 22.6 Å². The van der Waals surface area contributed by atoms with Crippen molar-refractivity contribution in [2.24, 2.45) is 5.10 Å². The fourth-order valence-electron chi connectivity index (χ4n) is 2.68. The van der Waals surface area contributed by atoms with Crippen LogP contribution in [0.3, 0.4) is 0 Å². The van der Waals surface area contributed by atoms with E-state index in [-0.39, 0.29) is 13.0 Å². The Bertz CT molecular complexity index is 1180. The molecule has 0 radical (unpaired) electrons. The van der Waals surface area contributed by atoms with Gasteiger partial charge in [-0.3, -0.25) is 9.59 Å². The van der Waals surface area contributed by atoms with Gasteiger partial charge in [0, 0.05) is 21.3 Å². The van der Waals surface area contributed by atoms with Gasteiger partial charge < -0.3 is 10.1 Å². The summed E-state index contributed by atoms with van der Waals surface area (Å²) in [6.45, 7) is 0.220. The minimum atomic E-state index is -0.913. The van der Waals surface area contributed by atoms with Gasteiger partial charge in [0.1, 0.15) is 12.4 Å². The van der Waals surface area contributed by atoms with Gasteiger partial charge in [-0.2, -0.15) is 10.4 Å². The molecule has 0 bridgehead atoms. The third-order valence-electron chi connectivity index (χ3n) is 4.41. The Hall–Kier alpha value is -3.86. The van der Waals surface area contributed by atoms with Crippen LogP contribution in [0.4, 0.5) is 5.69 Å². The largest absolute Gasteiger partial charge is 0.489 e. The summed E-state index contributed by atoms with van der Waals surface area (Å²) in [6.07, 6.45) is 1.67. The lowest BCUT2D eigenvalue weighted by molar-refractivity contribution is -0.136. The van der Waals surface area contributed by atoms with Gasteiger partial charge in [-0.05, 0) is 59.7 Å². The van der Waals surface area contributed by atoms with Crippen LogP contribution >= 0.6 is 23.2 Å². The molecule has 7 nitrogen and oxygen atoms in total. The van der Waals surface area contributed by atoms with Crippen LogP contribution in [0, 0.1) is 11.3 Å². The number of benzene rings is 3. The molecule has 0 unspecified atom stereocenters. The first-order chi connectivity index (χ1) is 16.0. The van der Waals surface area contributed by atoms with Gasteiger partial charge in [0.2, 0.25) is 0 Å². The van der Waals surface area contributed by atoms with E-state index in [0.717, 1.165) is 5.56 Å². The van der Waals surface area contributed by atoms with Crippen molar-refractivity contribution < 1.29 is 14.3 Å². The maximum absolute atomic E-state index is 12.0. The smallest absolute Gasteiger partial charge is 0.329 e. The summed E-state index contributed by atoms with van der Waals surface area (Å²) in [6, 6.07) is 20.9. The molecule has 3 rings (SSSR count). The van der Waals surface area contributed by atoms with Gasteiger partial charge in [-0.15, -0.1) is 0 Å². The highest BCUT2D eigenvalue weighted by Gasteiger charge is 2.12. The highest BCUT2D eigenvalue weighted by Crippen LogP contribution is 2.25. The maximum Gasteiger partial charge on any atom is 0.329 e. The van der Waals surface area contributed by atoms with Crippen molar-refractivity contribution in [3.63, 3.8) is 0 Å². The van der Waals surface area contributed by atoms with Gasteiger partial charge in [0.05, 0.1) is 18.7 Å². The van der Waals surface area contributed by atoms with E-state index in [0.29, 0.717) is 32.6 Å². The van der Waals surface area contributed by atoms with Crippen LogP contribution < -0.4 is 15.5 Å². The van der Waals surface area contributed by atoms with Crippen molar-refractivity contribution in [1.29, 1.82) is 5.26 Å². The molecular formula is C24H18Cl2N4O3. The Balaban J connectivity index is 1.48. The number of amides is 2. The number of carbonyl (C=O) groups excluding carboxylic acids is 2. The van der Waals surface area contributed by atoms with Crippen LogP contribution in [0.15, 0.2) is 71.8 Å². The van der Waals surface area contributed by atoms with Gasteiger partial charge in [-0.1, -0.05) is 41.4 Å². The van der Waals surface area contributed by atoms with E-state index in [1.165, 1.54) is 6.21 Å². The molecule has 0 aliphatic heterocycles. The molecular weight excluding hydrogens is 463 g/mol. The fraction of sp³-hybridized carbons (Fsp3) is 0.0833. The molecule has 0 spiro atoms. The molecule has 2 N–H and O–H groups in total. The number of nitriles is 1. The summed E-state index contributed by atoms with van der Waals surface area (Å²) in [5.41, 5.74) is 4.81. The van der Waals surface area contributed by atoms with E-state index in [1.54, 1.807) is 66.7 Å². The summed E-state index contributed by atoms with van der Waals surface area (Å²) in [5, 5.41) is 16.0. The van der Waals surface area contributed by atoms with Gasteiger partial charge >= 0.3 is 11.8 Å². The first-order valence-corrected chi connectivity index (χ1v) is 10.5. The van der Waals surface area contributed by atoms with Crippen molar-refractivity contribution >= 4 is 46.9 Å². The molecule has 0 aromatic heterocycles. The second-order valence-corrected chi connectivity index (χ2v) is 7.56.